The van der Waals surface area contributed by atoms with Crippen LogP contribution in [0.15, 0.2) is 60.7 Å². The van der Waals surface area contributed by atoms with Crippen LogP contribution in [0.3, 0.4) is 0 Å². The molecule has 0 aliphatic carbocycles. The molecule has 6 heteroatoms. The van der Waals surface area contributed by atoms with E-state index in [0.717, 1.165) is 29.1 Å². The fraction of sp³-hybridized carbons (Fsp3) is 0.118. The molecule has 0 radical (unpaired) electrons. The molecule has 0 bridgehead atoms. The van der Waals surface area contributed by atoms with Gasteiger partial charge in [-0.25, -0.2) is 4.68 Å². The second-order valence-corrected chi connectivity index (χ2v) is 5.54. The van der Waals surface area contributed by atoms with Crippen molar-refractivity contribution in [1.29, 1.82) is 0 Å². The molecule has 3 rings (SSSR count). The van der Waals surface area contributed by atoms with Gasteiger partial charge in [0.15, 0.2) is 0 Å². The Kier molecular flexibility index (Phi) is 4.26. The minimum atomic E-state index is -4.34. The van der Waals surface area contributed by atoms with Crippen molar-refractivity contribution in [1.82, 2.24) is 9.78 Å². The van der Waals surface area contributed by atoms with E-state index in [4.69, 9.17) is 0 Å². The first-order valence-electron chi connectivity index (χ1n) is 6.87. The first-order chi connectivity index (χ1) is 11.0. The summed E-state index contributed by atoms with van der Waals surface area (Å²) in [5.41, 5.74) is 2.52. The highest BCUT2D eigenvalue weighted by Gasteiger charge is 2.30. The molecule has 0 unspecified atom stereocenters. The molecule has 0 amide bonds. The number of hydrogen-bond donors (Lipinski definition) is 0. The number of hydrogen-bond acceptors (Lipinski definition) is 1. The van der Waals surface area contributed by atoms with E-state index in [1.807, 2.05) is 36.4 Å². The average molecular weight is 381 g/mol. The topological polar surface area (TPSA) is 17.8 Å². The molecule has 0 N–H and O–H groups in total. The maximum atomic E-state index is 12.7. The van der Waals surface area contributed by atoms with Crippen LogP contribution in [0.5, 0.6) is 0 Å². The Hall–Kier alpha value is -2.08. The smallest absolute Gasteiger partial charge is 0.236 e. The second kappa shape index (κ2) is 6.20. The molecular weight excluding hydrogens is 369 g/mol. The van der Waals surface area contributed by atoms with Crippen molar-refractivity contribution in [2.45, 2.75) is 11.5 Å². The van der Waals surface area contributed by atoms with Gasteiger partial charge in [0.1, 0.15) is 0 Å². The Bertz CT molecular complexity index is 793. The van der Waals surface area contributed by atoms with Gasteiger partial charge in [-0.2, -0.15) is 18.3 Å². The van der Waals surface area contributed by atoms with Crippen LogP contribution in [-0.2, 0) is 11.5 Å². The Morgan fingerprint density at radius 2 is 1.61 bits per heavy atom. The lowest BCUT2D eigenvalue weighted by molar-refractivity contribution is -0.137. The number of rotatable bonds is 3. The van der Waals surface area contributed by atoms with Crippen LogP contribution in [-0.4, -0.2) is 9.78 Å². The van der Waals surface area contributed by atoms with Crippen LogP contribution < -0.4 is 0 Å². The quantitative estimate of drug-likeness (QED) is 0.552. The molecule has 3 aromatic rings. The summed E-state index contributed by atoms with van der Waals surface area (Å²) >= 11 is 3.40. The maximum absolute atomic E-state index is 12.7. The molecule has 2 nitrogen and oxygen atoms in total. The third kappa shape index (κ3) is 3.32. The van der Waals surface area contributed by atoms with Gasteiger partial charge in [0.2, 0.25) is 0 Å². The van der Waals surface area contributed by atoms with Gasteiger partial charge in [-0.05, 0) is 30.3 Å². The van der Waals surface area contributed by atoms with E-state index in [2.05, 4.69) is 21.0 Å². The van der Waals surface area contributed by atoms with Crippen molar-refractivity contribution in [2.24, 2.45) is 0 Å². The molecule has 0 saturated heterocycles. The molecule has 0 atom stereocenters. The van der Waals surface area contributed by atoms with E-state index in [-0.39, 0.29) is 0 Å². The third-order valence-corrected chi connectivity index (χ3v) is 4.00. The number of aromatic nitrogens is 2. The first kappa shape index (κ1) is 15.8. The van der Waals surface area contributed by atoms with Gasteiger partial charge in [-0.1, -0.05) is 46.3 Å². The van der Waals surface area contributed by atoms with E-state index in [0.29, 0.717) is 11.0 Å². The molecule has 1 aromatic heterocycles. The number of halogens is 4. The van der Waals surface area contributed by atoms with Crippen LogP contribution in [0.1, 0.15) is 11.3 Å². The highest BCUT2D eigenvalue weighted by atomic mass is 79.9. The van der Waals surface area contributed by atoms with Crippen molar-refractivity contribution in [3.05, 3.63) is 71.9 Å². The zero-order chi connectivity index (χ0) is 16.4. The van der Waals surface area contributed by atoms with Gasteiger partial charge in [0.25, 0.3) is 0 Å². The molecule has 0 fully saturated rings. The summed E-state index contributed by atoms with van der Waals surface area (Å²) in [5.74, 6) is 0. The van der Waals surface area contributed by atoms with E-state index < -0.39 is 11.7 Å². The molecule has 0 spiro atoms. The highest BCUT2D eigenvalue weighted by molar-refractivity contribution is 9.08. The Balaban J connectivity index is 2.01. The number of nitrogens with zero attached hydrogens (tertiary/aromatic N) is 2. The summed E-state index contributed by atoms with van der Waals surface area (Å²) in [6.07, 6.45) is -4.34. The molecule has 0 saturated carbocycles. The number of alkyl halides is 4. The van der Waals surface area contributed by atoms with Crippen molar-refractivity contribution < 1.29 is 13.2 Å². The lowest BCUT2D eigenvalue weighted by atomic mass is 10.1. The second-order valence-electron chi connectivity index (χ2n) is 4.98. The summed E-state index contributed by atoms with van der Waals surface area (Å²) in [7, 11) is 0. The van der Waals surface area contributed by atoms with E-state index in [1.54, 1.807) is 4.68 Å². The van der Waals surface area contributed by atoms with Crippen molar-refractivity contribution in [2.75, 3.05) is 0 Å². The molecule has 0 aliphatic heterocycles. The van der Waals surface area contributed by atoms with Crippen LogP contribution in [0, 0.1) is 0 Å². The predicted molar refractivity (Wildman–Crippen MR) is 86.6 cm³/mol. The molecule has 1 heterocycles. The van der Waals surface area contributed by atoms with Crippen LogP contribution in [0.4, 0.5) is 13.2 Å². The van der Waals surface area contributed by atoms with Crippen LogP contribution in [0.25, 0.3) is 16.9 Å². The Morgan fingerprint density at radius 3 is 2.17 bits per heavy atom. The lowest BCUT2D eigenvalue weighted by Gasteiger charge is -2.09. The molecule has 23 heavy (non-hydrogen) atoms. The summed E-state index contributed by atoms with van der Waals surface area (Å²) in [4.78, 5) is 0. The van der Waals surface area contributed by atoms with Crippen LogP contribution in [0.2, 0.25) is 0 Å². The summed E-state index contributed by atoms with van der Waals surface area (Å²) < 4.78 is 39.6. The predicted octanol–water partition coefficient (Wildman–Crippen LogP) is 5.45. The summed E-state index contributed by atoms with van der Waals surface area (Å²) in [6.45, 7) is 0. The van der Waals surface area contributed by atoms with Crippen molar-refractivity contribution in [3.63, 3.8) is 0 Å². The number of benzene rings is 2. The van der Waals surface area contributed by atoms with Gasteiger partial charge in [0.05, 0.1) is 22.6 Å². The molecule has 2 aromatic carbocycles. The molecule has 118 valence electrons. The van der Waals surface area contributed by atoms with Crippen molar-refractivity contribution >= 4 is 15.9 Å². The lowest BCUT2D eigenvalue weighted by Crippen LogP contribution is -2.06. The van der Waals surface area contributed by atoms with Gasteiger partial charge in [-0.15, -0.1) is 0 Å². The van der Waals surface area contributed by atoms with E-state index in [1.165, 1.54) is 12.1 Å². The van der Waals surface area contributed by atoms with Crippen LogP contribution >= 0.6 is 15.9 Å². The van der Waals surface area contributed by atoms with Gasteiger partial charge < -0.3 is 0 Å². The fourth-order valence-electron chi connectivity index (χ4n) is 2.28. The van der Waals surface area contributed by atoms with Gasteiger partial charge in [-0.3, -0.25) is 0 Å². The van der Waals surface area contributed by atoms with Crippen molar-refractivity contribution in [3.8, 4) is 16.9 Å². The third-order valence-electron chi connectivity index (χ3n) is 3.43. The fourth-order valence-corrected chi connectivity index (χ4v) is 2.68. The Labute approximate surface area is 139 Å². The maximum Gasteiger partial charge on any atom is 0.416 e. The summed E-state index contributed by atoms with van der Waals surface area (Å²) in [5, 5.41) is 5.07. The van der Waals surface area contributed by atoms with Gasteiger partial charge in [0, 0.05) is 10.9 Å². The van der Waals surface area contributed by atoms with Gasteiger partial charge >= 0.3 is 6.18 Å². The standard InChI is InChI=1S/C17H12BrF3N2/c18-11-15-10-16(12-4-2-1-3-5-12)22-23(15)14-8-6-13(7-9-14)17(19,20)21/h1-10H,11H2. The zero-order valence-corrected chi connectivity index (χ0v) is 13.5. The van der Waals surface area contributed by atoms with E-state index >= 15 is 0 Å². The minimum absolute atomic E-state index is 0.549. The largest absolute Gasteiger partial charge is 0.416 e. The zero-order valence-electron chi connectivity index (χ0n) is 11.9. The van der Waals surface area contributed by atoms with E-state index in [9.17, 15) is 13.2 Å². The Morgan fingerprint density at radius 1 is 0.957 bits per heavy atom. The molecule has 0 aliphatic rings. The SMILES string of the molecule is FC(F)(F)c1ccc(-n2nc(-c3ccccc3)cc2CBr)cc1. The monoisotopic (exact) mass is 380 g/mol. The first-order valence-corrected chi connectivity index (χ1v) is 7.99. The minimum Gasteiger partial charge on any atom is -0.236 e. The highest BCUT2D eigenvalue weighted by Crippen LogP contribution is 2.30. The normalized spacial score (nSPS) is 11.7. The molecular formula is C17H12BrF3N2. The summed E-state index contributed by atoms with van der Waals surface area (Å²) in [6, 6.07) is 16.5. The average Bonchev–Trinajstić information content (AvgIpc) is 2.99.